The molecule has 2 aliphatic carbocycles. The first-order chi connectivity index (χ1) is 7.83. The molecule has 2 heteroatoms. The molecule has 0 aromatic rings. The zero-order valence-corrected chi connectivity index (χ0v) is 11.7. The second-order valence-corrected chi connectivity index (χ2v) is 7.11. The topological polar surface area (TPSA) is 12.0 Å². The van der Waals surface area contributed by atoms with E-state index in [4.69, 9.17) is 0 Å². The lowest BCUT2D eigenvalue weighted by Crippen LogP contribution is -2.41. The highest BCUT2D eigenvalue weighted by atomic mass is 32.2. The molecule has 1 nitrogen and oxygen atoms in total. The Labute approximate surface area is 105 Å². The number of hydrogen-bond donors (Lipinski definition) is 1. The van der Waals surface area contributed by atoms with Gasteiger partial charge < -0.3 is 5.32 Å². The monoisotopic (exact) mass is 241 g/mol. The molecule has 0 heterocycles. The normalized spacial score (nSPS) is 36.8. The standard InChI is InChI=1S/C14H27NS/c1-3-11-8-9-13(15-2)14(10-11)16-12-6-4-5-7-12/h11-15H,3-10H2,1-2H3. The fourth-order valence-electron chi connectivity index (χ4n) is 3.33. The van der Waals surface area contributed by atoms with E-state index in [0.29, 0.717) is 0 Å². The van der Waals surface area contributed by atoms with Crippen molar-refractivity contribution in [3.63, 3.8) is 0 Å². The Balaban J connectivity index is 1.86. The predicted molar refractivity (Wildman–Crippen MR) is 74.1 cm³/mol. The van der Waals surface area contributed by atoms with Gasteiger partial charge in [0.2, 0.25) is 0 Å². The van der Waals surface area contributed by atoms with Crippen LogP contribution in [0.25, 0.3) is 0 Å². The van der Waals surface area contributed by atoms with Crippen molar-refractivity contribution >= 4 is 11.8 Å². The summed E-state index contributed by atoms with van der Waals surface area (Å²) in [5.74, 6) is 1.00. The van der Waals surface area contributed by atoms with E-state index in [1.54, 1.807) is 0 Å². The number of rotatable bonds is 4. The van der Waals surface area contributed by atoms with Crippen LogP contribution >= 0.6 is 11.8 Å². The summed E-state index contributed by atoms with van der Waals surface area (Å²) in [5.41, 5.74) is 0. The lowest BCUT2D eigenvalue weighted by atomic mass is 9.84. The molecule has 0 aromatic carbocycles. The Bertz CT molecular complexity index is 201. The molecule has 1 N–H and O–H groups in total. The molecule has 2 saturated carbocycles. The summed E-state index contributed by atoms with van der Waals surface area (Å²) in [4.78, 5) is 0. The molecule has 0 spiro atoms. The van der Waals surface area contributed by atoms with Crippen LogP contribution in [-0.2, 0) is 0 Å². The van der Waals surface area contributed by atoms with E-state index >= 15 is 0 Å². The molecule has 0 radical (unpaired) electrons. The lowest BCUT2D eigenvalue weighted by Gasteiger charge is -2.36. The fourth-order valence-corrected chi connectivity index (χ4v) is 5.28. The summed E-state index contributed by atoms with van der Waals surface area (Å²) in [5, 5.41) is 5.43. The highest BCUT2D eigenvalue weighted by Gasteiger charge is 2.31. The molecule has 0 aromatic heterocycles. The van der Waals surface area contributed by atoms with Gasteiger partial charge in [-0.15, -0.1) is 0 Å². The summed E-state index contributed by atoms with van der Waals surface area (Å²) < 4.78 is 0. The van der Waals surface area contributed by atoms with E-state index in [9.17, 15) is 0 Å². The van der Waals surface area contributed by atoms with Crippen molar-refractivity contribution in [1.29, 1.82) is 0 Å². The van der Waals surface area contributed by atoms with Crippen molar-refractivity contribution in [2.45, 2.75) is 74.8 Å². The van der Waals surface area contributed by atoms with Gasteiger partial charge in [-0.25, -0.2) is 0 Å². The van der Waals surface area contributed by atoms with E-state index in [1.165, 1.54) is 51.4 Å². The summed E-state index contributed by atoms with van der Waals surface area (Å²) >= 11 is 2.32. The van der Waals surface area contributed by atoms with Crippen LogP contribution in [0.5, 0.6) is 0 Å². The van der Waals surface area contributed by atoms with Gasteiger partial charge in [0.15, 0.2) is 0 Å². The van der Waals surface area contributed by atoms with Crippen molar-refractivity contribution in [2.75, 3.05) is 7.05 Å². The third kappa shape index (κ3) is 3.16. The maximum Gasteiger partial charge on any atom is 0.0206 e. The van der Waals surface area contributed by atoms with Gasteiger partial charge in [0.25, 0.3) is 0 Å². The first-order valence-corrected chi connectivity index (χ1v) is 8.10. The average Bonchev–Trinajstić information content (AvgIpc) is 2.82. The maximum atomic E-state index is 3.55. The molecule has 94 valence electrons. The maximum absolute atomic E-state index is 3.55. The molecule has 2 fully saturated rings. The Morgan fingerprint density at radius 1 is 1.12 bits per heavy atom. The zero-order chi connectivity index (χ0) is 11.4. The Hall–Kier alpha value is 0.310. The van der Waals surface area contributed by atoms with E-state index in [0.717, 1.165) is 22.5 Å². The van der Waals surface area contributed by atoms with Crippen molar-refractivity contribution in [1.82, 2.24) is 5.32 Å². The van der Waals surface area contributed by atoms with E-state index < -0.39 is 0 Å². The van der Waals surface area contributed by atoms with Crippen LogP contribution in [0.15, 0.2) is 0 Å². The number of nitrogens with one attached hydrogen (secondary N) is 1. The minimum atomic E-state index is 0.786. The van der Waals surface area contributed by atoms with Gasteiger partial charge in [-0.2, -0.15) is 11.8 Å². The van der Waals surface area contributed by atoms with Gasteiger partial charge >= 0.3 is 0 Å². The molecule has 0 amide bonds. The second-order valence-electron chi connectivity index (χ2n) is 5.56. The first kappa shape index (κ1) is 12.8. The Morgan fingerprint density at radius 3 is 2.50 bits per heavy atom. The molecule has 2 rings (SSSR count). The largest absolute Gasteiger partial charge is 0.316 e. The Morgan fingerprint density at radius 2 is 1.88 bits per heavy atom. The number of hydrogen-bond acceptors (Lipinski definition) is 2. The molecule has 16 heavy (non-hydrogen) atoms. The SMILES string of the molecule is CCC1CCC(NC)C(SC2CCCC2)C1. The first-order valence-electron chi connectivity index (χ1n) is 7.16. The lowest BCUT2D eigenvalue weighted by molar-refractivity contribution is 0.304. The fraction of sp³-hybridized carbons (Fsp3) is 1.00. The van der Waals surface area contributed by atoms with Gasteiger partial charge in [-0.3, -0.25) is 0 Å². The number of thioether (sulfide) groups is 1. The Kier molecular flexibility index (Phi) is 5.02. The molecule has 3 unspecified atom stereocenters. The van der Waals surface area contributed by atoms with Crippen molar-refractivity contribution in [3.05, 3.63) is 0 Å². The molecule has 0 bridgehead atoms. The highest BCUT2D eigenvalue weighted by molar-refractivity contribution is 8.00. The van der Waals surface area contributed by atoms with Crippen molar-refractivity contribution in [3.8, 4) is 0 Å². The van der Waals surface area contributed by atoms with Crippen LogP contribution < -0.4 is 5.32 Å². The zero-order valence-electron chi connectivity index (χ0n) is 10.9. The van der Waals surface area contributed by atoms with Crippen LogP contribution in [0.2, 0.25) is 0 Å². The van der Waals surface area contributed by atoms with Gasteiger partial charge in [0, 0.05) is 16.5 Å². The predicted octanol–water partition coefficient (Wildman–Crippen LogP) is 3.83. The molecule has 3 atom stereocenters. The van der Waals surface area contributed by atoms with Crippen LogP contribution in [0.1, 0.15) is 58.3 Å². The third-order valence-corrected chi connectivity index (χ3v) is 6.24. The van der Waals surface area contributed by atoms with Crippen LogP contribution in [0, 0.1) is 5.92 Å². The second kappa shape index (κ2) is 6.30. The highest BCUT2D eigenvalue weighted by Crippen LogP contribution is 2.40. The third-order valence-electron chi connectivity index (χ3n) is 4.52. The van der Waals surface area contributed by atoms with Crippen molar-refractivity contribution < 1.29 is 0 Å². The molecule has 0 saturated heterocycles. The summed E-state index contributed by atoms with van der Waals surface area (Å²) in [6, 6.07) is 0.786. The van der Waals surface area contributed by atoms with Gasteiger partial charge in [0.1, 0.15) is 0 Å². The van der Waals surface area contributed by atoms with E-state index in [1.807, 2.05) is 0 Å². The summed E-state index contributed by atoms with van der Waals surface area (Å²) in [6.07, 6.45) is 11.6. The van der Waals surface area contributed by atoms with Crippen LogP contribution in [-0.4, -0.2) is 23.6 Å². The molecule has 0 aliphatic heterocycles. The minimum Gasteiger partial charge on any atom is -0.316 e. The summed E-state index contributed by atoms with van der Waals surface area (Å²) in [7, 11) is 2.15. The van der Waals surface area contributed by atoms with Crippen molar-refractivity contribution in [2.24, 2.45) is 5.92 Å². The van der Waals surface area contributed by atoms with Gasteiger partial charge in [0.05, 0.1) is 0 Å². The molecular weight excluding hydrogens is 214 g/mol. The van der Waals surface area contributed by atoms with E-state index in [2.05, 4.69) is 31.1 Å². The van der Waals surface area contributed by atoms with E-state index in [-0.39, 0.29) is 0 Å². The summed E-state index contributed by atoms with van der Waals surface area (Å²) in [6.45, 7) is 2.36. The quantitative estimate of drug-likeness (QED) is 0.803. The minimum absolute atomic E-state index is 0.786. The van der Waals surface area contributed by atoms with Gasteiger partial charge in [-0.1, -0.05) is 26.2 Å². The average molecular weight is 241 g/mol. The molecular formula is C14H27NS. The van der Waals surface area contributed by atoms with Crippen LogP contribution in [0.3, 0.4) is 0 Å². The van der Waals surface area contributed by atoms with Gasteiger partial charge in [-0.05, 0) is 45.1 Å². The smallest absolute Gasteiger partial charge is 0.0206 e. The molecule has 2 aliphatic rings. The van der Waals surface area contributed by atoms with Crippen LogP contribution in [0.4, 0.5) is 0 Å².